The van der Waals surface area contributed by atoms with Gasteiger partial charge in [0.15, 0.2) is 0 Å². The van der Waals surface area contributed by atoms with Gasteiger partial charge in [-0.25, -0.2) is 4.98 Å². The molecule has 0 radical (unpaired) electrons. The number of fused-ring (bicyclic) bond motifs is 1. The molecule has 1 aromatic heterocycles. The average Bonchev–Trinajstić information content (AvgIpc) is 2.38. The summed E-state index contributed by atoms with van der Waals surface area (Å²) in [6.07, 6.45) is 6.76. The first kappa shape index (κ1) is 11.0. The Morgan fingerprint density at radius 2 is 1.94 bits per heavy atom. The molecule has 2 nitrogen and oxygen atoms in total. The molecule has 3 heteroatoms. The van der Waals surface area contributed by atoms with Crippen LogP contribution < -0.4 is 4.90 Å². The number of anilines is 1. The van der Waals surface area contributed by atoms with E-state index in [0.29, 0.717) is 0 Å². The van der Waals surface area contributed by atoms with Crippen LogP contribution in [0.5, 0.6) is 0 Å². The highest BCUT2D eigenvalue weighted by Crippen LogP contribution is 2.37. The average molecular weight is 234 g/mol. The Labute approximate surface area is 102 Å². The van der Waals surface area contributed by atoms with Crippen molar-refractivity contribution >= 4 is 5.82 Å². The summed E-state index contributed by atoms with van der Waals surface area (Å²) in [4.78, 5) is 6.25. The van der Waals surface area contributed by atoms with Crippen LogP contribution in [0.1, 0.15) is 32.1 Å². The van der Waals surface area contributed by atoms with Crippen LogP contribution in [0, 0.1) is 17.8 Å². The molecule has 1 saturated heterocycles. The lowest BCUT2D eigenvalue weighted by Gasteiger charge is -2.41. The van der Waals surface area contributed by atoms with Gasteiger partial charge in [-0.1, -0.05) is 25.3 Å². The number of hydrogen-bond donors (Lipinski definition) is 0. The second kappa shape index (κ2) is 4.63. The molecule has 2 atom stereocenters. The Kier molecular flexibility index (Phi) is 3.00. The maximum Gasteiger partial charge on any atom is 0.214 e. The van der Waals surface area contributed by atoms with Crippen molar-refractivity contribution in [3.8, 4) is 0 Å². The molecule has 3 rings (SSSR count). The normalized spacial score (nSPS) is 28.9. The molecule has 2 aliphatic rings. The van der Waals surface area contributed by atoms with Crippen LogP contribution in [0.15, 0.2) is 18.2 Å². The SMILES string of the molecule is Fc1cccc(N2CCC3CCCCC3C2)n1. The van der Waals surface area contributed by atoms with Gasteiger partial charge in [0.2, 0.25) is 5.95 Å². The second-order valence-corrected chi connectivity index (χ2v) is 5.36. The molecule has 0 amide bonds. The van der Waals surface area contributed by atoms with Gasteiger partial charge in [-0.05, 0) is 36.8 Å². The lowest BCUT2D eigenvalue weighted by Crippen LogP contribution is -2.42. The molecule has 2 fully saturated rings. The fraction of sp³-hybridized carbons (Fsp3) is 0.643. The zero-order chi connectivity index (χ0) is 11.7. The van der Waals surface area contributed by atoms with E-state index in [-0.39, 0.29) is 5.95 Å². The molecule has 2 unspecified atom stereocenters. The van der Waals surface area contributed by atoms with Crippen molar-refractivity contribution in [3.05, 3.63) is 24.1 Å². The van der Waals surface area contributed by atoms with E-state index >= 15 is 0 Å². The van der Waals surface area contributed by atoms with Crippen molar-refractivity contribution in [2.45, 2.75) is 32.1 Å². The Bertz CT molecular complexity index is 394. The van der Waals surface area contributed by atoms with Crippen molar-refractivity contribution in [2.24, 2.45) is 11.8 Å². The molecule has 0 N–H and O–H groups in total. The number of hydrogen-bond acceptors (Lipinski definition) is 2. The zero-order valence-electron chi connectivity index (χ0n) is 10.1. The number of nitrogens with zero attached hydrogens (tertiary/aromatic N) is 2. The predicted molar refractivity (Wildman–Crippen MR) is 66.5 cm³/mol. The fourth-order valence-electron chi connectivity index (χ4n) is 3.38. The minimum atomic E-state index is -0.367. The van der Waals surface area contributed by atoms with Crippen LogP contribution >= 0.6 is 0 Å². The third-order valence-electron chi connectivity index (χ3n) is 4.32. The first-order valence-electron chi connectivity index (χ1n) is 6.70. The van der Waals surface area contributed by atoms with E-state index in [1.807, 2.05) is 6.07 Å². The second-order valence-electron chi connectivity index (χ2n) is 5.36. The van der Waals surface area contributed by atoms with Gasteiger partial charge >= 0.3 is 0 Å². The smallest absolute Gasteiger partial charge is 0.214 e. The highest BCUT2D eigenvalue weighted by molar-refractivity contribution is 5.38. The van der Waals surface area contributed by atoms with E-state index in [1.165, 1.54) is 38.2 Å². The highest BCUT2D eigenvalue weighted by atomic mass is 19.1. The van der Waals surface area contributed by atoms with E-state index in [2.05, 4.69) is 9.88 Å². The van der Waals surface area contributed by atoms with E-state index in [9.17, 15) is 4.39 Å². The topological polar surface area (TPSA) is 16.1 Å². The van der Waals surface area contributed by atoms with Crippen LogP contribution in [0.3, 0.4) is 0 Å². The predicted octanol–water partition coefficient (Wildman–Crippen LogP) is 3.24. The van der Waals surface area contributed by atoms with Crippen LogP contribution in [0.2, 0.25) is 0 Å². The summed E-state index contributed by atoms with van der Waals surface area (Å²) in [5.74, 6) is 2.17. The molecule has 1 aliphatic carbocycles. The molecule has 1 aliphatic heterocycles. The first-order valence-corrected chi connectivity index (χ1v) is 6.70. The number of halogens is 1. The van der Waals surface area contributed by atoms with Crippen molar-refractivity contribution in [1.29, 1.82) is 0 Å². The Morgan fingerprint density at radius 1 is 1.12 bits per heavy atom. The van der Waals surface area contributed by atoms with E-state index in [1.54, 1.807) is 6.07 Å². The van der Waals surface area contributed by atoms with Gasteiger partial charge in [0, 0.05) is 13.1 Å². The first-order chi connectivity index (χ1) is 8.33. The van der Waals surface area contributed by atoms with Crippen LogP contribution in [0.4, 0.5) is 10.2 Å². The monoisotopic (exact) mass is 234 g/mol. The summed E-state index contributed by atoms with van der Waals surface area (Å²) in [7, 11) is 0. The summed E-state index contributed by atoms with van der Waals surface area (Å²) >= 11 is 0. The summed E-state index contributed by atoms with van der Waals surface area (Å²) in [5, 5.41) is 0. The summed E-state index contributed by atoms with van der Waals surface area (Å²) in [6, 6.07) is 5.09. The van der Waals surface area contributed by atoms with Gasteiger partial charge in [0.05, 0.1) is 0 Å². The number of rotatable bonds is 1. The number of aromatic nitrogens is 1. The fourth-order valence-corrected chi connectivity index (χ4v) is 3.38. The molecule has 0 bridgehead atoms. The summed E-state index contributed by atoms with van der Waals surface area (Å²) in [6.45, 7) is 2.11. The summed E-state index contributed by atoms with van der Waals surface area (Å²) in [5.41, 5.74) is 0. The van der Waals surface area contributed by atoms with E-state index in [0.717, 1.165) is 30.7 Å². The molecule has 1 saturated carbocycles. The number of pyridine rings is 1. The van der Waals surface area contributed by atoms with Gasteiger partial charge in [-0.15, -0.1) is 0 Å². The maximum atomic E-state index is 13.1. The molecule has 2 heterocycles. The van der Waals surface area contributed by atoms with Crippen molar-refractivity contribution in [2.75, 3.05) is 18.0 Å². The minimum absolute atomic E-state index is 0.367. The minimum Gasteiger partial charge on any atom is -0.356 e. The molecule has 0 spiro atoms. The zero-order valence-corrected chi connectivity index (χ0v) is 10.1. The van der Waals surface area contributed by atoms with Crippen molar-refractivity contribution < 1.29 is 4.39 Å². The van der Waals surface area contributed by atoms with E-state index < -0.39 is 0 Å². The Morgan fingerprint density at radius 3 is 2.76 bits per heavy atom. The van der Waals surface area contributed by atoms with Gasteiger partial charge in [-0.2, -0.15) is 4.39 Å². The van der Waals surface area contributed by atoms with Gasteiger partial charge < -0.3 is 4.90 Å². The van der Waals surface area contributed by atoms with Gasteiger partial charge in [-0.3, -0.25) is 0 Å². The van der Waals surface area contributed by atoms with Crippen molar-refractivity contribution in [3.63, 3.8) is 0 Å². The largest absolute Gasteiger partial charge is 0.356 e. The van der Waals surface area contributed by atoms with Crippen LogP contribution in [-0.4, -0.2) is 18.1 Å². The third-order valence-corrected chi connectivity index (χ3v) is 4.32. The molecule has 1 aromatic rings. The Balaban J connectivity index is 1.73. The molecular formula is C14H19FN2. The number of piperidine rings is 1. The quantitative estimate of drug-likeness (QED) is 0.693. The third kappa shape index (κ3) is 2.28. The van der Waals surface area contributed by atoms with Crippen molar-refractivity contribution in [1.82, 2.24) is 4.98 Å². The van der Waals surface area contributed by atoms with Gasteiger partial charge in [0.25, 0.3) is 0 Å². The standard InChI is InChI=1S/C14H19FN2/c15-13-6-3-7-14(16-13)17-9-8-11-4-1-2-5-12(11)10-17/h3,6-7,11-12H,1-2,4-5,8-10H2. The Hall–Kier alpha value is -1.12. The highest BCUT2D eigenvalue weighted by Gasteiger charge is 2.31. The lowest BCUT2D eigenvalue weighted by molar-refractivity contribution is 0.202. The van der Waals surface area contributed by atoms with Crippen LogP contribution in [0.25, 0.3) is 0 Å². The molecular weight excluding hydrogens is 215 g/mol. The molecule has 17 heavy (non-hydrogen) atoms. The van der Waals surface area contributed by atoms with Gasteiger partial charge in [0.1, 0.15) is 5.82 Å². The van der Waals surface area contributed by atoms with E-state index in [4.69, 9.17) is 0 Å². The summed E-state index contributed by atoms with van der Waals surface area (Å²) < 4.78 is 13.1. The van der Waals surface area contributed by atoms with Crippen LogP contribution in [-0.2, 0) is 0 Å². The molecule has 92 valence electrons. The maximum absolute atomic E-state index is 13.1. The molecule has 0 aromatic carbocycles. The lowest BCUT2D eigenvalue weighted by atomic mass is 9.75.